The molecular formula is C33H49N3O7S2. The van der Waals surface area contributed by atoms with E-state index in [0.717, 1.165) is 51.4 Å². The summed E-state index contributed by atoms with van der Waals surface area (Å²) in [6.07, 6.45) is 6.62. The highest BCUT2D eigenvalue weighted by molar-refractivity contribution is 7.91. The van der Waals surface area contributed by atoms with Crippen LogP contribution in [0.15, 0.2) is 39.9 Å². The molecule has 2 N–H and O–H groups in total. The molecule has 2 heterocycles. The van der Waals surface area contributed by atoms with E-state index in [1.54, 1.807) is 54.6 Å². The quantitative estimate of drug-likeness (QED) is 0.388. The van der Waals surface area contributed by atoms with E-state index < -0.39 is 22.2 Å². The lowest BCUT2D eigenvalue weighted by atomic mass is 9.88. The number of anilines is 1. The number of aliphatic hydroxyl groups excluding tert-OH is 1. The zero-order valence-corrected chi connectivity index (χ0v) is 28.6. The van der Waals surface area contributed by atoms with Crippen molar-refractivity contribution in [3.63, 3.8) is 0 Å². The lowest BCUT2D eigenvalue weighted by molar-refractivity contribution is -0.120. The van der Waals surface area contributed by atoms with Crippen molar-refractivity contribution in [3.05, 3.63) is 41.3 Å². The van der Waals surface area contributed by atoms with E-state index >= 15 is 0 Å². The minimum Gasteiger partial charge on any atom is -0.490 e. The van der Waals surface area contributed by atoms with Gasteiger partial charge >= 0.3 is 0 Å². The number of amides is 2. The molecule has 45 heavy (non-hydrogen) atoms. The van der Waals surface area contributed by atoms with Crippen molar-refractivity contribution in [2.45, 2.75) is 94.6 Å². The maximum atomic E-state index is 14.3. The Morgan fingerprint density at radius 2 is 1.87 bits per heavy atom. The van der Waals surface area contributed by atoms with Gasteiger partial charge in [-0.2, -0.15) is 4.31 Å². The summed E-state index contributed by atoms with van der Waals surface area (Å²) in [6, 6.07) is 7.96. The van der Waals surface area contributed by atoms with E-state index in [2.05, 4.69) is 5.32 Å². The summed E-state index contributed by atoms with van der Waals surface area (Å²) in [5.41, 5.74) is 0.837. The van der Waals surface area contributed by atoms with Gasteiger partial charge in [-0.3, -0.25) is 9.59 Å². The molecule has 1 fully saturated rings. The molecule has 2 amide bonds. The molecule has 10 nitrogen and oxygen atoms in total. The first kappa shape index (κ1) is 35.3. The number of rotatable bonds is 8. The molecule has 250 valence electrons. The molecule has 1 aromatic heterocycles. The standard InChI is InChI=1S/C33H49N3O7S2/c1-23-20-36(24(2)22-37)33(39)28-19-27(34-32(38)26-12-6-5-7-13-26)15-16-29(28)43-25(3)11-8-9-17-42-30(23)21-35(4)45(40,41)31-14-10-18-44-31/h10,14-16,18-19,23-26,30,37H,5-9,11-13,17,20-22H2,1-4H3,(H,34,38)/t23-,24+,25-,30-/m0/s1. The molecule has 0 unspecified atom stereocenters. The van der Waals surface area contributed by atoms with E-state index in [0.29, 0.717) is 23.6 Å². The van der Waals surface area contributed by atoms with Gasteiger partial charge in [0, 0.05) is 44.3 Å². The Hall–Kier alpha value is -2.51. The normalized spacial score (nSPS) is 23.6. The van der Waals surface area contributed by atoms with Gasteiger partial charge in [-0.1, -0.05) is 32.3 Å². The van der Waals surface area contributed by atoms with E-state index in [1.165, 1.54) is 15.6 Å². The molecule has 0 radical (unpaired) electrons. The third kappa shape index (κ3) is 9.28. The Labute approximate surface area is 272 Å². The van der Waals surface area contributed by atoms with E-state index in [-0.39, 0.29) is 53.7 Å². The number of hydrogen-bond acceptors (Lipinski definition) is 8. The van der Waals surface area contributed by atoms with Crippen LogP contribution in [0.3, 0.4) is 0 Å². The number of benzene rings is 1. The third-order valence-electron chi connectivity index (χ3n) is 8.89. The zero-order valence-electron chi connectivity index (χ0n) is 26.9. The number of ether oxygens (including phenoxy) is 2. The van der Waals surface area contributed by atoms with E-state index in [1.807, 2.05) is 13.8 Å². The average Bonchev–Trinajstić information content (AvgIpc) is 3.59. The Morgan fingerprint density at radius 3 is 2.56 bits per heavy atom. The average molecular weight is 664 g/mol. The predicted molar refractivity (Wildman–Crippen MR) is 176 cm³/mol. The van der Waals surface area contributed by atoms with Crippen LogP contribution in [0.4, 0.5) is 5.69 Å². The highest BCUT2D eigenvalue weighted by Crippen LogP contribution is 2.30. The number of aliphatic hydroxyl groups is 1. The molecule has 0 bridgehead atoms. The van der Waals surface area contributed by atoms with Crippen molar-refractivity contribution in [3.8, 4) is 5.75 Å². The number of nitrogens with zero attached hydrogens (tertiary/aromatic N) is 2. The molecule has 4 rings (SSSR count). The molecule has 2 aromatic rings. The first-order chi connectivity index (χ1) is 21.5. The van der Waals surface area contributed by atoms with Crippen LogP contribution in [0.2, 0.25) is 0 Å². The fraction of sp³-hybridized carbons (Fsp3) is 0.636. The predicted octanol–water partition coefficient (Wildman–Crippen LogP) is 5.38. The van der Waals surface area contributed by atoms with Gasteiger partial charge in [0.2, 0.25) is 5.91 Å². The summed E-state index contributed by atoms with van der Waals surface area (Å²) in [6.45, 7) is 6.18. The van der Waals surface area contributed by atoms with Crippen LogP contribution in [0.5, 0.6) is 5.75 Å². The Kier molecular flexibility index (Phi) is 12.8. The van der Waals surface area contributed by atoms with Gasteiger partial charge in [0.05, 0.1) is 30.4 Å². The van der Waals surface area contributed by atoms with Crippen molar-refractivity contribution in [2.24, 2.45) is 11.8 Å². The number of fused-ring (bicyclic) bond motifs is 1. The minimum atomic E-state index is -3.69. The molecular weight excluding hydrogens is 615 g/mol. The number of hydrogen-bond donors (Lipinski definition) is 2. The lowest BCUT2D eigenvalue weighted by Gasteiger charge is -2.35. The monoisotopic (exact) mass is 663 g/mol. The molecule has 4 atom stereocenters. The van der Waals surface area contributed by atoms with Gasteiger partial charge in [-0.15, -0.1) is 11.3 Å². The largest absolute Gasteiger partial charge is 0.490 e. The first-order valence-electron chi connectivity index (χ1n) is 16.2. The van der Waals surface area contributed by atoms with Crippen LogP contribution in [0.1, 0.15) is 82.5 Å². The number of likely N-dealkylation sites (N-methyl/N-ethyl adjacent to an activating group) is 1. The fourth-order valence-electron chi connectivity index (χ4n) is 5.99. The molecule has 1 aromatic carbocycles. The van der Waals surface area contributed by atoms with Crippen molar-refractivity contribution in [1.82, 2.24) is 9.21 Å². The summed E-state index contributed by atoms with van der Waals surface area (Å²) in [4.78, 5) is 29.0. The zero-order chi connectivity index (χ0) is 32.6. The third-order valence-corrected chi connectivity index (χ3v) is 12.1. The Morgan fingerprint density at radius 1 is 1.13 bits per heavy atom. The number of nitrogens with one attached hydrogen (secondary N) is 1. The van der Waals surface area contributed by atoms with Gasteiger partial charge < -0.3 is 24.8 Å². The summed E-state index contributed by atoms with van der Waals surface area (Å²) < 4.78 is 40.6. The van der Waals surface area contributed by atoms with Gasteiger partial charge in [-0.25, -0.2) is 8.42 Å². The number of sulfonamides is 1. The molecule has 0 saturated heterocycles. The molecule has 1 aliphatic carbocycles. The smallest absolute Gasteiger partial charge is 0.258 e. The second-order valence-corrected chi connectivity index (χ2v) is 15.8. The molecule has 12 heteroatoms. The summed E-state index contributed by atoms with van der Waals surface area (Å²) in [5, 5.41) is 14.9. The van der Waals surface area contributed by atoms with Gasteiger partial charge in [0.25, 0.3) is 15.9 Å². The summed E-state index contributed by atoms with van der Waals surface area (Å²) in [5.74, 6) is -0.255. The SMILES string of the molecule is C[C@H](CO)N1C[C@H](C)[C@H](CN(C)S(=O)(=O)c2cccs2)OCCCC[C@H](C)Oc2ccc(NC(=O)C3CCCCC3)cc2C1=O. The van der Waals surface area contributed by atoms with Crippen molar-refractivity contribution >= 4 is 38.9 Å². The second-order valence-electron chi connectivity index (χ2n) is 12.6. The van der Waals surface area contributed by atoms with Crippen molar-refractivity contribution in [1.29, 1.82) is 0 Å². The highest BCUT2D eigenvalue weighted by atomic mass is 32.2. The van der Waals surface area contributed by atoms with Gasteiger partial charge in [0.15, 0.2) is 0 Å². The van der Waals surface area contributed by atoms with Crippen LogP contribution in [0, 0.1) is 11.8 Å². The summed E-state index contributed by atoms with van der Waals surface area (Å²) in [7, 11) is -2.15. The maximum absolute atomic E-state index is 14.3. The number of carbonyl (C=O) groups excluding carboxylic acids is 2. The Balaban J connectivity index is 1.63. The number of thiophene rings is 1. The van der Waals surface area contributed by atoms with Crippen LogP contribution in [-0.2, 0) is 19.6 Å². The first-order valence-corrected chi connectivity index (χ1v) is 18.5. The van der Waals surface area contributed by atoms with Crippen LogP contribution in [0.25, 0.3) is 0 Å². The second kappa shape index (κ2) is 16.4. The highest BCUT2D eigenvalue weighted by Gasteiger charge is 2.33. The molecule has 1 aliphatic heterocycles. The fourth-order valence-corrected chi connectivity index (χ4v) is 8.37. The van der Waals surface area contributed by atoms with Crippen molar-refractivity contribution in [2.75, 3.05) is 38.7 Å². The molecule has 0 spiro atoms. The number of carbonyl (C=O) groups is 2. The van der Waals surface area contributed by atoms with Crippen LogP contribution in [-0.4, -0.2) is 86.1 Å². The van der Waals surface area contributed by atoms with E-state index in [4.69, 9.17) is 9.47 Å². The van der Waals surface area contributed by atoms with Gasteiger partial charge in [0.1, 0.15) is 9.96 Å². The van der Waals surface area contributed by atoms with E-state index in [9.17, 15) is 23.1 Å². The molecule has 1 saturated carbocycles. The summed E-state index contributed by atoms with van der Waals surface area (Å²) >= 11 is 1.17. The van der Waals surface area contributed by atoms with Crippen molar-refractivity contribution < 1.29 is 32.6 Å². The Bertz CT molecular complexity index is 1360. The van der Waals surface area contributed by atoms with Crippen LogP contribution < -0.4 is 10.1 Å². The maximum Gasteiger partial charge on any atom is 0.258 e. The molecule has 2 aliphatic rings. The van der Waals surface area contributed by atoms with Gasteiger partial charge in [-0.05, 0) is 75.6 Å². The van der Waals surface area contributed by atoms with Crippen LogP contribution >= 0.6 is 11.3 Å². The lowest BCUT2D eigenvalue weighted by Crippen LogP contribution is -2.48. The minimum absolute atomic E-state index is 0.0342. The topological polar surface area (TPSA) is 125 Å².